The summed E-state index contributed by atoms with van der Waals surface area (Å²) in [4.78, 5) is 55.8. The monoisotopic (exact) mass is 637 g/mol. The number of carbonyl (C=O) groups excluding carboxylic acids is 4. The Bertz CT molecular complexity index is 1700. The molecule has 5 N–H and O–H groups in total. The van der Waals surface area contributed by atoms with Gasteiger partial charge in [-0.2, -0.15) is 0 Å². The number of pyridine rings is 1. The first-order valence-corrected chi connectivity index (χ1v) is 15.6. The highest BCUT2D eigenvalue weighted by atomic mass is 16.6. The van der Waals surface area contributed by atoms with Crippen LogP contribution in [0.25, 0.3) is 10.9 Å². The second kappa shape index (κ2) is 15.3. The fourth-order valence-corrected chi connectivity index (χ4v) is 5.50. The standard InChI is InChI=1S/C36H39N5O6/c1-22(2)32(25-14-7-4-8-15-25)41-36(45)46-21-30-33(47-30)28(19-23-11-5-3-6-12-23)39-35(44)29(20-31(37)42)40-34(43)27-18-17-24-13-9-10-16-26(24)38-27/h3-18,22,28-30,32-33H,19-21H2,1-2H3,(H2,37,42)(H,39,44)(H,40,43)(H,41,45)/t28-,29-,30-,32-,33+/m0/s1. The Balaban J connectivity index is 1.23. The Kier molecular flexibility index (Phi) is 10.8. The Morgan fingerprint density at radius 2 is 1.53 bits per heavy atom. The van der Waals surface area contributed by atoms with E-state index in [1.807, 2.05) is 92.7 Å². The predicted octanol–water partition coefficient (Wildman–Crippen LogP) is 3.83. The van der Waals surface area contributed by atoms with E-state index in [0.29, 0.717) is 11.9 Å². The van der Waals surface area contributed by atoms with Gasteiger partial charge in [-0.25, -0.2) is 9.78 Å². The van der Waals surface area contributed by atoms with Gasteiger partial charge >= 0.3 is 6.09 Å². The Morgan fingerprint density at radius 1 is 0.851 bits per heavy atom. The van der Waals surface area contributed by atoms with Gasteiger partial charge in [0.25, 0.3) is 5.91 Å². The lowest BCUT2D eigenvalue weighted by Crippen LogP contribution is -2.53. The zero-order chi connectivity index (χ0) is 33.3. The molecular formula is C36H39N5O6. The number of nitrogens with one attached hydrogen (secondary N) is 3. The smallest absolute Gasteiger partial charge is 0.407 e. The lowest BCUT2D eigenvalue weighted by Gasteiger charge is -2.23. The molecule has 5 rings (SSSR count). The van der Waals surface area contributed by atoms with Gasteiger partial charge in [0.15, 0.2) is 0 Å². The van der Waals surface area contributed by atoms with Crippen molar-refractivity contribution in [3.8, 4) is 0 Å². The molecule has 1 saturated heterocycles. The topological polar surface area (TPSA) is 165 Å². The summed E-state index contributed by atoms with van der Waals surface area (Å²) in [6.45, 7) is 4.01. The summed E-state index contributed by atoms with van der Waals surface area (Å²) >= 11 is 0. The molecule has 1 aromatic heterocycles. The highest BCUT2D eigenvalue weighted by molar-refractivity contribution is 5.99. The number of ether oxygens (including phenoxy) is 2. The molecule has 4 aromatic rings. The number of benzene rings is 3. The summed E-state index contributed by atoms with van der Waals surface area (Å²) in [7, 11) is 0. The number of nitrogens with two attached hydrogens (primary N) is 1. The minimum atomic E-state index is -1.25. The molecule has 1 fully saturated rings. The van der Waals surface area contributed by atoms with Crippen LogP contribution in [0.15, 0.2) is 97.1 Å². The van der Waals surface area contributed by atoms with E-state index in [2.05, 4.69) is 20.9 Å². The maximum Gasteiger partial charge on any atom is 0.407 e. The quantitative estimate of drug-likeness (QED) is 0.153. The van der Waals surface area contributed by atoms with Crippen molar-refractivity contribution in [2.45, 2.75) is 57.0 Å². The van der Waals surface area contributed by atoms with Crippen LogP contribution in [0.3, 0.4) is 0 Å². The van der Waals surface area contributed by atoms with Crippen molar-refractivity contribution in [2.24, 2.45) is 11.7 Å². The summed E-state index contributed by atoms with van der Waals surface area (Å²) < 4.78 is 11.4. The number of para-hydroxylation sites is 1. The minimum absolute atomic E-state index is 0.0215. The lowest BCUT2D eigenvalue weighted by molar-refractivity contribution is -0.127. The minimum Gasteiger partial charge on any atom is -0.447 e. The molecule has 0 bridgehead atoms. The number of hydrogen-bond acceptors (Lipinski definition) is 7. The van der Waals surface area contributed by atoms with Gasteiger partial charge in [-0.1, -0.05) is 98.8 Å². The highest BCUT2D eigenvalue weighted by Gasteiger charge is 2.47. The van der Waals surface area contributed by atoms with E-state index in [1.54, 1.807) is 18.2 Å². The predicted molar refractivity (Wildman–Crippen MR) is 176 cm³/mol. The van der Waals surface area contributed by atoms with Crippen molar-refractivity contribution in [3.05, 3.63) is 114 Å². The summed E-state index contributed by atoms with van der Waals surface area (Å²) in [5.74, 6) is -1.85. The molecular weight excluding hydrogens is 598 g/mol. The van der Waals surface area contributed by atoms with E-state index >= 15 is 0 Å². The maximum absolute atomic E-state index is 13.6. The molecule has 47 heavy (non-hydrogen) atoms. The molecule has 1 aliphatic rings. The highest BCUT2D eigenvalue weighted by Crippen LogP contribution is 2.28. The molecule has 11 heteroatoms. The van der Waals surface area contributed by atoms with E-state index < -0.39 is 54.5 Å². The second-order valence-electron chi connectivity index (χ2n) is 11.9. The Hall–Kier alpha value is -5.29. The average molecular weight is 638 g/mol. The van der Waals surface area contributed by atoms with E-state index in [4.69, 9.17) is 15.2 Å². The van der Waals surface area contributed by atoms with Gasteiger partial charge in [0.05, 0.1) is 24.0 Å². The molecule has 2 heterocycles. The number of rotatable bonds is 14. The summed E-state index contributed by atoms with van der Waals surface area (Å²) in [5.41, 5.74) is 8.08. The number of primary amides is 1. The van der Waals surface area contributed by atoms with Crippen molar-refractivity contribution in [2.75, 3.05) is 6.61 Å². The fraction of sp³-hybridized carbons (Fsp3) is 0.306. The number of carbonyl (C=O) groups is 4. The van der Waals surface area contributed by atoms with Crippen LogP contribution in [0.2, 0.25) is 0 Å². The van der Waals surface area contributed by atoms with Crippen molar-refractivity contribution in [1.29, 1.82) is 0 Å². The molecule has 5 atom stereocenters. The fourth-order valence-electron chi connectivity index (χ4n) is 5.50. The molecule has 3 aromatic carbocycles. The van der Waals surface area contributed by atoms with Gasteiger partial charge in [0.2, 0.25) is 11.8 Å². The first-order chi connectivity index (χ1) is 22.7. The average Bonchev–Trinajstić information content (AvgIpc) is 3.85. The van der Waals surface area contributed by atoms with Crippen molar-refractivity contribution in [3.63, 3.8) is 0 Å². The molecule has 0 unspecified atom stereocenters. The van der Waals surface area contributed by atoms with Crippen LogP contribution in [0.4, 0.5) is 4.79 Å². The maximum atomic E-state index is 13.6. The van der Waals surface area contributed by atoms with Gasteiger partial charge in [-0.15, -0.1) is 0 Å². The third kappa shape index (κ3) is 9.14. The number of epoxide rings is 1. The molecule has 0 aliphatic carbocycles. The third-order valence-electron chi connectivity index (χ3n) is 7.98. The summed E-state index contributed by atoms with van der Waals surface area (Å²) in [5, 5.41) is 9.35. The van der Waals surface area contributed by atoms with Crippen LogP contribution >= 0.6 is 0 Å². The number of aromatic nitrogens is 1. The second-order valence-corrected chi connectivity index (χ2v) is 11.9. The molecule has 1 aliphatic heterocycles. The summed E-state index contributed by atoms with van der Waals surface area (Å²) in [6, 6.07) is 27.8. The molecule has 11 nitrogen and oxygen atoms in total. The SMILES string of the molecule is CC(C)[C@H](NC(=O)OC[C@@H]1O[C@@H]1[C@H](Cc1ccccc1)NC(=O)[C@H](CC(N)=O)NC(=O)c1ccc2ccccc2n1)c1ccccc1. The van der Waals surface area contributed by atoms with Gasteiger partial charge in [-0.3, -0.25) is 14.4 Å². The van der Waals surface area contributed by atoms with Gasteiger partial charge in [0.1, 0.15) is 30.6 Å². The number of fused-ring (bicyclic) bond motifs is 1. The molecule has 0 saturated carbocycles. The molecule has 4 amide bonds. The van der Waals surface area contributed by atoms with E-state index in [1.165, 1.54) is 0 Å². The number of nitrogens with zero attached hydrogens (tertiary/aromatic N) is 1. The van der Waals surface area contributed by atoms with Gasteiger partial charge in [-0.05, 0) is 35.6 Å². The van der Waals surface area contributed by atoms with Crippen LogP contribution in [-0.2, 0) is 25.5 Å². The summed E-state index contributed by atoms with van der Waals surface area (Å²) in [6.07, 6.45) is -1.53. The van der Waals surface area contributed by atoms with Crippen LogP contribution in [0, 0.1) is 5.92 Å². The van der Waals surface area contributed by atoms with Gasteiger partial charge in [0, 0.05) is 5.39 Å². The van der Waals surface area contributed by atoms with Gasteiger partial charge < -0.3 is 31.2 Å². The molecule has 0 radical (unpaired) electrons. The van der Waals surface area contributed by atoms with Crippen LogP contribution in [0.1, 0.15) is 47.9 Å². The zero-order valence-electron chi connectivity index (χ0n) is 26.3. The number of alkyl carbamates (subject to hydrolysis) is 1. The molecule has 244 valence electrons. The van der Waals surface area contributed by atoms with E-state index in [9.17, 15) is 19.2 Å². The number of amides is 4. The normalized spacial score (nSPS) is 17.3. The molecule has 0 spiro atoms. The van der Waals surface area contributed by atoms with Crippen LogP contribution in [0.5, 0.6) is 0 Å². The van der Waals surface area contributed by atoms with Crippen molar-refractivity contribution >= 4 is 34.7 Å². The van der Waals surface area contributed by atoms with E-state index in [0.717, 1.165) is 16.5 Å². The third-order valence-corrected chi connectivity index (χ3v) is 7.98. The largest absolute Gasteiger partial charge is 0.447 e. The number of hydrogen-bond donors (Lipinski definition) is 4. The Labute approximate surface area is 273 Å². The lowest BCUT2D eigenvalue weighted by atomic mass is 9.96. The first-order valence-electron chi connectivity index (χ1n) is 15.6. The van der Waals surface area contributed by atoms with Crippen LogP contribution in [-0.4, -0.2) is 59.7 Å². The van der Waals surface area contributed by atoms with Crippen molar-refractivity contribution in [1.82, 2.24) is 20.9 Å². The van der Waals surface area contributed by atoms with Crippen molar-refractivity contribution < 1.29 is 28.7 Å². The first kappa shape index (κ1) is 33.1. The van der Waals surface area contributed by atoms with E-state index in [-0.39, 0.29) is 24.3 Å². The zero-order valence-corrected chi connectivity index (χ0v) is 26.3. The van der Waals surface area contributed by atoms with Crippen LogP contribution < -0.4 is 21.7 Å². The Morgan fingerprint density at radius 3 is 2.23 bits per heavy atom.